The smallest absolute Gasteiger partial charge is 0.222 e. The van der Waals surface area contributed by atoms with E-state index in [0.717, 1.165) is 29.6 Å². The summed E-state index contributed by atoms with van der Waals surface area (Å²) < 4.78 is 29.7. The van der Waals surface area contributed by atoms with Gasteiger partial charge in [0.1, 0.15) is 17.2 Å². The van der Waals surface area contributed by atoms with Crippen molar-refractivity contribution in [2.45, 2.75) is 30.7 Å². The van der Waals surface area contributed by atoms with Crippen molar-refractivity contribution in [3.63, 3.8) is 0 Å². The van der Waals surface area contributed by atoms with Crippen molar-refractivity contribution in [2.75, 3.05) is 12.8 Å². The Morgan fingerprint density at radius 3 is 2.62 bits per heavy atom. The van der Waals surface area contributed by atoms with Gasteiger partial charge >= 0.3 is 0 Å². The van der Waals surface area contributed by atoms with E-state index in [1.54, 1.807) is 18.3 Å². The maximum Gasteiger partial charge on any atom is 0.222 e. The average molecular weight is 477 g/mol. The van der Waals surface area contributed by atoms with Crippen LogP contribution in [0.3, 0.4) is 0 Å². The molecule has 0 radical (unpaired) electrons. The molecule has 1 amide bonds. The molecule has 3 heterocycles. The zero-order valence-electron chi connectivity index (χ0n) is 18.7. The Morgan fingerprint density at radius 2 is 1.91 bits per heavy atom. The molecule has 0 bridgehead atoms. The summed E-state index contributed by atoms with van der Waals surface area (Å²) in [6, 6.07) is 15.7. The molecule has 2 aromatic heterocycles. The number of pyridine rings is 1. The maximum absolute atomic E-state index is 12.5. The van der Waals surface area contributed by atoms with Crippen LogP contribution >= 0.6 is 0 Å². The number of carbonyl (C=O) groups is 1. The second-order valence-electron chi connectivity index (χ2n) is 8.40. The molecule has 9 heteroatoms. The minimum atomic E-state index is -3.30. The van der Waals surface area contributed by atoms with Crippen LogP contribution in [0.5, 0.6) is 11.5 Å². The number of nitrogens with zero attached hydrogens (tertiary/aromatic N) is 3. The van der Waals surface area contributed by atoms with Crippen molar-refractivity contribution < 1.29 is 17.9 Å². The fourth-order valence-electron chi connectivity index (χ4n) is 4.04. The molecule has 1 saturated heterocycles. The Bertz CT molecular complexity index is 1450. The molecule has 2 aromatic carbocycles. The molecule has 1 N–H and O–H groups in total. The number of piperidine rings is 1. The summed E-state index contributed by atoms with van der Waals surface area (Å²) >= 11 is 0. The molecule has 174 valence electrons. The summed E-state index contributed by atoms with van der Waals surface area (Å²) in [5, 5.41) is 0. The molecule has 0 aliphatic carbocycles. The number of amides is 1. The number of imidazole rings is 1. The Labute approximate surface area is 197 Å². The highest BCUT2D eigenvalue weighted by Gasteiger charge is 2.21. The number of nitrogens with one attached hydrogen (secondary N) is 1. The van der Waals surface area contributed by atoms with Gasteiger partial charge in [0, 0.05) is 43.6 Å². The van der Waals surface area contributed by atoms with Gasteiger partial charge in [-0.25, -0.2) is 13.4 Å². The first kappa shape index (κ1) is 22.1. The molecule has 8 nitrogen and oxygen atoms in total. The highest BCUT2D eigenvalue weighted by atomic mass is 32.2. The van der Waals surface area contributed by atoms with Crippen LogP contribution in [0.25, 0.3) is 22.6 Å². The molecule has 1 aliphatic rings. The summed E-state index contributed by atoms with van der Waals surface area (Å²) in [6.07, 6.45) is 5.33. The zero-order valence-corrected chi connectivity index (χ0v) is 19.5. The minimum absolute atomic E-state index is 0.133. The number of ether oxygens (including phenoxy) is 1. The lowest BCUT2D eigenvalue weighted by molar-refractivity contribution is -0.133. The number of H-pyrrole nitrogens is 1. The van der Waals surface area contributed by atoms with E-state index in [1.807, 2.05) is 35.2 Å². The number of benzene rings is 2. The van der Waals surface area contributed by atoms with Crippen molar-refractivity contribution in [3.05, 3.63) is 66.4 Å². The molecule has 1 aliphatic heterocycles. The molecular formula is C25H24N4O4S. The van der Waals surface area contributed by atoms with E-state index in [4.69, 9.17) is 4.74 Å². The fourth-order valence-corrected chi connectivity index (χ4v) is 4.67. The Morgan fingerprint density at radius 1 is 1.09 bits per heavy atom. The van der Waals surface area contributed by atoms with Gasteiger partial charge in [-0.2, -0.15) is 0 Å². The summed E-state index contributed by atoms with van der Waals surface area (Å²) in [4.78, 5) is 26.9. The Balaban J connectivity index is 1.53. The van der Waals surface area contributed by atoms with Gasteiger partial charge in [-0.1, -0.05) is 6.07 Å². The molecule has 0 atom stereocenters. The van der Waals surface area contributed by atoms with Crippen molar-refractivity contribution in [2.24, 2.45) is 0 Å². The largest absolute Gasteiger partial charge is 0.457 e. The molecule has 0 saturated carbocycles. The summed E-state index contributed by atoms with van der Waals surface area (Å²) in [7, 11) is -3.30. The van der Waals surface area contributed by atoms with Crippen LogP contribution in [0.4, 0.5) is 0 Å². The van der Waals surface area contributed by atoms with Crippen LogP contribution in [0.1, 0.15) is 24.8 Å². The molecule has 0 unspecified atom stereocenters. The first-order valence-electron chi connectivity index (χ1n) is 11.1. The van der Waals surface area contributed by atoms with E-state index < -0.39 is 9.84 Å². The van der Waals surface area contributed by atoms with Crippen LogP contribution in [0, 0.1) is 0 Å². The zero-order chi connectivity index (χ0) is 23.7. The van der Waals surface area contributed by atoms with Crippen molar-refractivity contribution in [1.29, 1.82) is 0 Å². The monoisotopic (exact) mass is 476 g/mol. The van der Waals surface area contributed by atoms with E-state index in [2.05, 4.69) is 15.0 Å². The number of carbonyl (C=O) groups excluding carboxylic acids is 1. The molecule has 0 spiro atoms. The second-order valence-corrected chi connectivity index (χ2v) is 10.4. The van der Waals surface area contributed by atoms with Crippen molar-refractivity contribution >= 4 is 26.8 Å². The number of likely N-dealkylation sites (tertiary alicyclic amines) is 1. The fraction of sp³-hybridized carbons (Fsp3) is 0.240. The van der Waals surface area contributed by atoms with Gasteiger partial charge in [0.15, 0.2) is 15.7 Å². The number of fused-ring (bicyclic) bond motifs is 1. The Kier molecular flexibility index (Phi) is 5.79. The van der Waals surface area contributed by atoms with E-state index in [9.17, 15) is 13.2 Å². The lowest BCUT2D eigenvalue weighted by Gasteiger charge is -2.27. The van der Waals surface area contributed by atoms with Crippen LogP contribution < -0.4 is 4.74 Å². The van der Waals surface area contributed by atoms with Gasteiger partial charge in [-0.05, 0) is 55.3 Å². The predicted molar refractivity (Wildman–Crippen MR) is 128 cm³/mol. The lowest BCUT2D eigenvalue weighted by Crippen LogP contribution is -2.34. The third-order valence-corrected chi connectivity index (χ3v) is 6.96. The molecule has 5 rings (SSSR count). The van der Waals surface area contributed by atoms with Gasteiger partial charge in [-0.15, -0.1) is 0 Å². The highest BCUT2D eigenvalue weighted by molar-refractivity contribution is 7.90. The van der Waals surface area contributed by atoms with Crippen molar-refractivity contribution in [1.82, 2.24) is 19.9 Å². The Hall–Kier alpha value is -3.72. The van der Waals surface area contributed by atoms with E-state index >= 15 is 0 Å². The van der Waals surface area contributed by atoms with Crippen LogP contribution in [0.15, 0.2) is 65.7 Å². The van der Waals surface area contributed by atoms with Crippen LogP contribution in [-0.2, 0) is 21.2 Å². The minimum Gasteiger partial charge on any atom is -0.457 e. The van der Waals surface area contributed by atoms with Crippen LogP contribution in [-0.4, -0.2) is 47.0 Å². The van der Waals surface area contributed by atoms with Gasteiger partial charge < -0.3 is 14.6 Å². The molecule has 34 heavy (non-hydrogen) atoms. The third kappa shape index (κ3) is 4.65. The molecular weight excluding hydrogens is 452 g/mol. The lowest BCUT2D eigenvalue weighted by atomic mass is 10.1. The summed E-state index contributed by atoms with van der Waals surface area (Å²) in [5.74, 6) is 1.84. The third-order valence-electron chi connectivity index (χ3n) is 5.83. The first-order chi connectivity index (χ1) is 16.4. The van der Waals surface area contributed by atoms with Gasteiger partial charge in [0.25, 0.3) is 0 Å². The SMILES string of the molecule is CS(=O)(=O)c1ccc(Oc2cc3nc(-c4ccccn4)[nH]c3cc2CN2CCCCC2=O)cc1. The summed E-state index contributed by atoms with van der Waals surface area (Å²) in [6.45, 7) is 1.13. The van der Waals surface area contributed by atoms with Crippen molar-refractivity contribution in [3.8, 4) is 23.0 Å². The standard InChI is InChI=1S/C25H24N4O4S/c1-34(31,32)19-10-8-18(9-11-19)33-23-15-22-21(27-25(28-22)20-6-2-4-12-26-20)14-17(23)16-29-13-5-3-7-24(29)30/h2,4,6,8-12,14-15H,3,5,7,13,16H2,1H3,(H,27,28). The predicted octanol–water partition coefficient (Wildman–Crippen LogP) is 4.33. The van der Waals surface area contributed by atoms with E-state index in [-0.39, 0.29) is 10.8 Å². The van der Waals surface area contributed by atoms with Gasteiger partial charge in [-0.3, -0.25) is 9.78 Å². The highest BCUT2D eigenvalue weighted by Crippen LogP contribution is 2.32. The van der Waals surface area contributed by atoms with E-state index in [1.165, 1.54) is 18.4 Å². The second kappa shape index (κ2) is 8.90. The normalized spacial score (nSPS) is 14.5. The quantitative estimate of drug-likeness (QED) is 0.444. The molecule has 1 fully saturated rings. The number of aromatic nitrogens is 3. The van der Waals surface area contributed by atoms with E-state index in [0.29, 0.717) is 42.4 Å². The van der Waals surface area contributed by atoms with Gasteiger partial charge in [0.05, 0.1) is 15.9 Å². The topological polar surface area (TPSA) is 105 Å². The van der Waals surface area contributed by atoms with Gasteiger partial charge in [0.2, 0.25) is 5.91 Å². The number of rotatable bonds is 6. The number of sulfone groups is 1. The summed E-state index contributed by atoms with van der Waals surface area (Å²) in [5.41, 5.74) is 3.09. The maximum atomic E-state index is 12.5. The average Bonchev–Trinajstić information content (AvgIpc) is 3.24. The number of hydrogen-bond donors (Lipinski definition) is 1. The first-order valence-corrected chi connectivity index (χ1v) is 13.0. The van der Waals surface area contributed by atoms with Crippen LogP contribution in [0.2, 0.25) is 0 Å². The molecule has 4 aromatic rings. The number of hydrogen-bond acceptors (Lipinski definition) is 6. The number of aromatic amines is 1.